The van der Waals surface area contributed by atoms with E-state index in [9.17, 15) is 0 Å². The molecule has 0 aromatic heterocycles. The van der Waals surface area contributed by atoms with Gasteiger partial charge in [0.05, 0.1) is 12.7 Å². The first-order chi connectivity index (χ1) is 4.43. The van der Waals surface area contributed by atoms with Gasteiger partial charge in [-0.05, 0) is 6.42 Å². The molecule has 0 saturated carbocycles. The van der Waals surface area contributed by atoms with Crippen LogP contribution < -0.4 is 0 Å². The van der Waals surface area contributed by atoms with Crippen LogP contribution in [0.4, 0.5) is 0 Å². The van der Waals surface area contributed by atoms with Crippen LogP contribution in [0.2, 0.25) is 0 Å². The molecule has 0 aromatic rings. The highest BCUT2D eigenvalue weighted by atomic mass is 79.9. The summed E-state index contributed by atoms with van der Waals surface area (Å²) in [6, 6.07) is 0. The van der Waals surface area contributed by atoms with Crippen LogP contribution in [0.3, 0.4) is 0 Å². The van der Waals surface area contributed by atoms with E-state index < -0.39 is 0 Å². The average Bonchev–Trinajstić information content (AvgIpc) is 2.13. The Balaban J connectivity index is 2.18. The van der Waals surface area contributed by atoms with Crippen molar-refractivity contribution in [2.24, 2.45) is 0 Å². The lowest BCUT2D eigenvalue weighted by Gasteiger charge is -2.08. The van der Waals surface area contributed by atoms with Crippen molar-refractivity contribution < 1.29 is 9.47 Å². The molecule has 0 amide bonds. The maximum absolute atomic E-state index is 5.38. The Morgan fingerprint density at radius 3 is 3.11 bits per heavy atom. The Labute approximate surface area is 63.7 Å². The molecule has 1 atom stereocenters. The van der Waals surface area contributed by atoms with Gasteiger partial charge in [-0.3, -0.25) is 0 Å². The minimum atomic E-state index is 0.271. The highest BCUT2D eigenvalue weighted by Crippen LogP contribution is 2.03. The largest absolute Gasteiger partial charge is 0.379 e. The Hall–Kier alpha value is 0.400. The van der Waals surface area contributed by atoms with Crippen molar-refractivity contribution in [2.45, 2.75) is 12.5 Å². The molecule has 1 aliphatic rings. The predicted octanol–water partition coefficient (Wildman–Crippen LogP) is 1.19. The molecule has 1 fully saturated rings. The van der Waals surface area contributed by atoms with Gasteiger partial charge >= 0.3 is 0 Å². The number of alkyl halides is 1. The van der Waals surface area contributed by atoms with Crippen molar-refractivity contribution >= 4 is 15.9 Å². The minimum Gasteiger partial charge on any atom is -0.379 e. The average molecular weight is 195 g/mol. The lowest BCUT2D eigenvalue weighted by atomic mass is 10.4. The molecule has 2 nitrogen and oxygen atoms in total. The summed E-state index contributed by atoms with van der Waals surface area (Å²) in [6.45, 7) is 2.44. The van der Waals surface area contributed by atoms with Gasteiger partial charge in [-0.1, -0.05) is 15.9 Å². The maximum atomic E-state index is 5.38. The van der Waals surface area contributed by atoms with E-state index in [-0.39, 0.29) is 6.10 Å². The van der Waals surface area contributed by atoms with Gasteiger partial charge in [0.15, 0.2) is 0 Å². The first-order valence-electron chi connectivity index (χ1n) is 3.19. The molecule has 0 N–H and O–H groups in total. The van der Waals surface area contributed by atoms with E-state index in [4.69, 9.17) is 9.47 Å². The van der Waals surface area contributed by atoms with Crippen molar-refractivity contribution in [2.75, 3.05) is 25.2 Å². The first kappa shape index (κ1) is 7.51. The van der Waals surface area contributed by atoms with E-state index in [1.165, 1.54) is 0 Å². The molecule has 0 aliphatic carbocycles. The summed E-state index contributed by atoms with van der Waals surface area (Å²) >= 11 is 3.34. The molecule has 1 heterocycles. The highest BCUT2D eigenvalue weighted by molar-refractivity contribution is 9.09. The van der Waals surface area contributed by atoms with Gasteiger partial charge in [0, 0.05) is 18.5 Å². The second-order valence-electron chi connectivity index (χ2n) is 2.08. The van der Waals surface area contributed by atoms with Crippen LogP contribution in [0.15, 0.2) is 0 Å². The molecule has 0 aromatic carbocycles. The molecule has 3 heteroatoms. The Morgan fingerprint density at radius 2 is 2.33 bits per heavy atom. The first-order valence-corrected chi connectivity index (χ1v) is 4.31. The smallest absolute Gasteiger partial charge is 0.0904 e. The van der Waals surface area contributed by atoms with Crippen molar-refractivity contribution in [3.05, 3.63) is 0 Å². The molecule has 1 aliphatic heterocycles. The molecule has 0 spiro atoms. The van der Waals surface area contributed by atoms with Crippen LogP contribution in [0.25, 0.3) is 0 Å². The van der Waals surface area contributed by atoms with Crippen LogP contribution in [0.5, 0.6) is 0 Å². The zero-order chi connectivity index (χ0) is 6.53. The molecule has 1 saturated heterocycles. The Kier molecular flexibility index (Phi) is 3.55. The molecular formula is C6H11BrO2. The monoisotopic (exact) mass is 194 g/mol. The summed E-state index contributed by atoms with van der Waals surface area (Å²) in [6.07, 6.45) is 1.30. The number of hydrogen-bond acceptors (Lipinski definition) is 2. The fourth-order valence-corrected chi connectivity index (χ4v) is 1.14. The zero-order valence-electron chi connectivity index (χ0n) is 5.31. The molecule has 0 bridgehead atoms. The highest BCUT2D eigenvalue weighted by Gasteiger charge is 2.09. The quantitative estimate of drug-likeness (QED) is 0.585. The van der Waals surface area contributed by atoms with E-state index in [1.807, 2.05) is 0 Å². The number of rotatable bonds is 1. The van der Waals surface area contributed by atoms with Crippen molar-refractivity contribution in [1.29, 1.82) is 0 Å². The summed E-state index contributed by atoms with van der Waals surface area (Å²) in [5.74, 6) is 0. The van der Waals surface area contributed by atoms with Crippen LogP contribution in [0.1, 0.15) is 6.42 Å². The van der Waals surface area contributed by atoms with Crippen LogP contribution in [0, 0.1) is 0 Å². The van der Waals surface area contributed by atoms with Gasteiger partial charge in [0.2, 0.25) is 0 Å². The van der Waals surface area contributed by atoms with Gasteiger partial charge in [-0.15, -0.1) is 0 Å². The summed E-state index contributed by atoms with van der Waals surface area (Å²) < 4.78 is 10.6. The zero-order valence-corrected chi connectivity index (χ0v) is 6.89. The van der Waals surface area contributed by atoms with Gasteiger partial charge in [-0.2, -0.15) is 0 Å². The van der Waals surface area contributed by atoms with Crippen molar-refractivity contribution in [1.82, 2.24) is 0 Å². The van der Waals surface area contributed by atoms with Crippen molar-refractivity contribution in [3.8, 4) is 0 Å². The van der Waals surface area contributed by atoms with Gasteiger partial charge < -0.3 is 9.47 Å². The summed E-state index contributed by atoms with van der Waals surface area (Å²) in [5.41, 5.74) is 0. The lowest BCUT2D eigenvalue weighted by Crippen LogP contribution is -2.18. The molecule has 1 rings (SSSR count). The topological polar surface area (TPSA) is 18.5 Å². The van der Waals surface area contributed by atoms with E-state index in [1.54, 1.807) is 0 Å². The molecule has 54 valence electrons. The Bertz CT molecular complexity index is 69.5. The summed E-state index contributed by atoms with van der Waals surface area (Å²) in [5, 5.41) is 0.882. The van der Waals surface area contributed by atoms with E-state index in [0.29, 0.717) is 0 Å². The summed E-state index contributed by atoms with van der Waals surface area (Å²) in [7, 11) is 0. The van der Waals surface area contributed by atoms with Gasteiger partial charge in [-0.25, -0.2) is 0 Å². The second kappa shape index (κ2) is 4.25. The summed E-state index contributed by atoms with van der Waals surface area (Å²) in [4.78, 5) is 0. The number of halogens is 1. The van der Waals surface area contributed by atoms with Crippen LogP contribution in [-0.2, 0) is 9.47 Å². The van der Waals surface area contributed by atoms with Gasteiger partial charge in [0.1, 0.15) is 0 Å². The van der Waals surface area contributed by atoms with Crippen molar-refractivity contribution in [3.63, 3.8) is 0 Å². The fourth-order valence-electron chi connectivity index (χ4n) is 0.763. The Morgan fingerprint density at radius 1 is 1.44 bits per heavy atom. The SMILES string of the molecule is BrCC1COCCCO1. The molecule has 0 radical (unpaired) electrons. The standard InChI is InChI=1S/C6H11BrO2/c7-4-6-5-8-2-1-3-9-6/h6H,1-5H2. The normalized spacial score (nSPS) is 29.7. The van der Waals surface area contributed by atoms with E-state index in [0.717, 1.165) is 31.6 Å². The third-order valence-corrected chi connectivity index (χ3v) is 1.98. The number of ether oxygens (including phenoxy) is 2. The van der Waals surface area contributed by atoms with Crippen LogP contribution in [-0.4, -0.2) is 31.3 Å². The third kappa shape index (κ3) is 2.65. The second-order valence-corrected chi connectivity index (χ2v) is 2.72. The van der Waals surface area contributed by atoms with Crippen LogP contribution >= 0.6 is 15.9 Å². The van der Waals surface area contributed by atoms with E-state index in [2.05, 4.69) is 15.9 Å². The fraction of sp³-hybridized carbons (Fsp3) is 1.00. The molecule has 1 unspecified atom stereocenters. The lowest BCUT2D eigenvalue weighted by molar-refractivity contribution is 0.0421. The maximum Gasteiger partial charge on any atom is 0.0904 e. The third-order valence-electron chi connectivity index (χ3n) is 1.26. The minimum absolute atomic E-state index is 0.271. The van der Waals surface area contributed by atoms with E-state index >= 15 is 0 Å². The number of hydrogen-bond donors (Lipinski definition) is 0. The predicted molar refractivity (Wildman–Crippen MR) is 39.0 cm³/mol. The molecular weight excluding hydrogens is 184 g/mol. The molecule has 9 heavy (non-hydrogen) atoms. The van der Waals surface area contributed by atoms with Gasteiger partial charge in [0.25, 0.3) is 0 Å².